The lowest BCUT2D eigenvalue weighted by molar-refractivity contribution is 0.0829. The average Bonchev–Trinajstić information content (AvgIpc) is 3.03. The highest BCUT2D eigenvalue weighted by Gasteiger charge is 2.24. The van der Waals surface area contributed by atoms with Gasteiger partial charge in [0.2, 0.25) is 0 Å². The number of carbonyl (C=O) groups excluding carboxylic acids is 1. The molecule has 0 heterocycles. The molecule has 2 atom stereocenters. The van der Waals surface area contributed by atoms with Gasteiger partial charge < -0.3 is 25.3 Å². The van der Waals surface area contributed by atoms with Gasteiger partial charge in [-0.25, -0.2) is 17.2 Å². The number of halogens is 2. The number of aliphatic hydroxyl groups is 1. The third-order valence-electron chi connectivity index (χ3n) is 7.27. The molecule has 0 aromatic heterocycles. The summed E-state index contributed by atoms with van der Waals surface area (Å²) in [6, 6.07) is 22.7. The quantitative estimate of drug-likeness (QED) is 0.123. The minimum atomic E-state index is -3.75. The molecule has 248 valence electrons. The maximum Gasteiger partial charge on any atom is 0.251 e. The summed E-state index contributed by atoms with van der Waals surface area (Å²) in [5, 5.41) is 21.1. The van der Waals surface area contributed by atoms with Crippen LogP contribution in [0.1, 0.15) is 39.5 Å². The number of benzene rings is 4. The summed E-state index contributed by atoms with van der Waals surface area (Å²) < 4.78 is 58.4. The monoisotopic (exact) mass is 665 g/mol. The van der Waals surface area contributed by atoms with E-state index >= 15 is 0 Å². The van der Waals surface area contributed by atoms with Crippen LogP contribution < -0.4 is 15.4 Å². The Hall–Kier alpha value is -4.65. The number of oxime groups is 1. The van der Waals surface area contributed by atoms with E-state index in [0.29, 0.717) is 23.6 Å². The Labute approximate surface area is 273 Å². The predicted octanol–water partition coefficient (Wildman–Crippen LogP) is 4.81. The van der Waals surface area contributed by atoms with E-state index in [4.69, 9.17) is 9.57 Å². The fourth-order valence-corrected chi connectivity index (χ4v) is 5.47. The Balaban J connectivity index is 1.56. The summed E-state index contributed by atoms with van der Waals surface area (Å²) in [6.45, 7) is 2.18. The van der Waals surface area contributed by atoms with Crippen LogP contribution in [0.3, 0.4) is 0 Å². The van der Waals surface area contributed by atoms with Gasteiger partial charge >= 0.3 is 0 Å². The molecular formula is C35H37F2N3O6S. The summed E-state index contributed by atoms with van der Waals surface area (Å²) in [5.41, 5.74) is 2.62. The molecule has 0 radical (unpaired) electrons. The van der Waals surface area contributed by atoms with Gasteiger partial charge in [-0.05, 0) is 72.5 Å². The zero-order chi connectivity index (χ0) is 34.0. The molecule has 0 bridgehead atoms. The maximum absolute atomic E-state index is 14.0. The van der Waals surface area contributed by atoms with E-state index in [-0.39, 0.29) is 35.6 Å². The number of ether oxygens (including phenoxy) is 1. The first-order chi connectivity index (χ1) is 22.4. The normalized spacial score (nSPS) is 13.1. The van der Waals surface area contributed by atoms with E-state index in [2.05, 4.69) is 15.8 Å². The van der Waals surface area contributed by atoms with Crippen molar-refractivity contribution < 1.29 is 36.7 Å². The second-order valence-corrected chi connectivity index (χ2v) is 13.1. The highest BCUT2D eigenvalue weighted by Crippen LogP contribution is 2.19. The lowest BCUT2D eigenvalue weighted by Crippen LogP contribution is -2.48. The van der Waals surface area contributed by atoms with Crippen molar-refractivity contribution in [3.05, 3.63) is 130 Å². The zero-order valence-corrected chi connectivity index (χ0v) is 27.1. The van der Waals surface area contributed by atoms with Crippen molar-refractivity contribution in [2.24, 2.45) is 5.16 Å². The molecule has 9 nitrogen and oxygen atoms in total. The van der Waals surface area contributed by atoms with Crippen LogP contribution in [0.5, 0.6) is 5.75 Å². The third kappa shape index (κ3) is 10.7. The number of methoxy groups -OCH3 is 1. The van der Waals surface area contributed by atoms with Crippen molar-refractivity contribution >= 4 is 21.5 Å². The van der Waals surface area contributed by atoms with Gasteiger partial charge in [-0.15, -0.1) is 0 Å². The fraction of sp³-hybridized carbons (Fsp3) is 0.257. The second-order valence-electron chi connectivity index (χ2n) is 11.1. The lowest BCUT2D eigenvalue weighted by atomic mass is 9.99. The van der Waals surface area contributed by atoms with Crippen LogP contribution in [-0.2, 0) is 34.2 Å². The molecular weight excluding hydrogens is 628 g/mol. The fourth-order valence-electron chi connectivity index (χ4n) is 4.79. The van der Waals surface area contributed by atoms with Crippen LogP contribution in [0.25, 0.3) is 0 Å². The number of carbonyl (C=O) groups is 1. The molecule has 3 N–H and O–H groups in total. The highest BCUT2D eigenvalue weighted by molar-refractivity contribution is 7.90. The molecule has 0 spiro atoms. The van der Waals surface area contributed by atoms with Crippen LogP contribution in [0.15, 0.2) is 101 Å². The predicted molar refractivity (Wildman–Crippen MR) is 175 cm³/mol. The Kier molecular flexibility index (Phi) is 12.2. The first-order valence-corrected chi connectivity index (χ1v) is 16.6. The molecule has 0 saturated carbocycles. The molecule has 0 unspecified atom stereocenters. The number of rotatable bonds is 15. The minimum Gasteiger partial charge on any atom is -0.497 e. The Bertz CT molecular complexity index is 1800. The van der Waals surface area contributed by atoms with Crippen LogP contribution in [0, 0.1) is 11.6 Å². The minimum absolute atomic E-state index is 0.0130. The molecule has 47 heavy (non-hydrogen) atoms. The Morgan fingerprint density at radius 3 is 2.26 bits per heavy atom. The molecule has 12 heteroatoms. The first kappa shape index (κ1) is 35.2. The van der Waals surface area contributed by atoms with Crippen LogP contribution in [0.2, 0.25) is 0 Å². The number of sulfone groups is 1. The van der Waals surface area contributed by atoms with Gasteiger partial charge in [0.25, 0.3) is 5.91 Å². The summed E-state index contributed by atoms with van der Waals surface area (Å²) in [5.74, 6) is -1.64. The number of nitrogens with one attached hydrogen (secondary N) is 2. The third-order valence-corrected chi connectivity index (χ3v) is 8.36. The Morgan fingerprint density at radius 1 is 0.894 bits per heavy atom. The SMILES string of the molecule is COc1cccc(CNC[C@H](O)[C@H](Cc2cc(F)cc(F)c2)NC(=O)c2cc(/C(C)=N\OCc3ccccc3)cc(S(C)(=O)=O)c2)c1. The maximum atomic E-state index is 14.0. The van der Waals surface area contributed by atoms with Crippen LogP contribution >= 0.6 is 0 Å². The van der Waals surface area contributed by atoms with E-state index in [1.165, 1.54) is 18.2 Å². The number of aliphatic hydroxyl groups excluding tert-OH is 1. The second kappa shape index (κ2) is 16.3. The van der Waals surface area contributed by atoms with E-state index in [1.54, 1.807) is 20.1 Å². The molecule has 4 aromatic rings. The Morgan fingerprint density at radius 2 is 1.57 bits per heavy atom. The largest absolute Gasteiger partial charge is 0.497 e. The summed E-state index contributed by atoms with van der Waals surface area (Å²) in [7, 11) is -2.20. The number of amides is 1. The van der Waals surface area contributed by atoms with E-state index in [9.17, 15) is 27.1 Å². The van der Waals surface area contributed by atoms with Crippen molar-refractivity contribution in [3.63, 3.8) is 0 Å². The van der Waals surface area contributed by atoms with Gasteiger partial charge in [-0.1, -0.05) is 47.6 Å². The van der Waals surface area contributed by atoms with Crippen molar-refractivity contribution in [2.75, 3.05) is 19.9 Å². The molecule has 0 aliphatic heterocycles. The highest BCUT2D eigenvalue weighted by atomic mass is 32.2. The molecule has 0 aliphatic carbocycles. The topological polar surface area (TPSA) is 126 Å². The van der Waals surface area contributed by atoms with Crippen LogP contribution in [-0.4, -0.2) is 57.2 Å². The van der Waals surface area contributed by atoms with E-state index < -0.39 is 39.5 Å². The van der Waals surface area contributed by atoms with Crippen molar-refractivity contribution in [2.45, 2.75) is 43.5 Å². The molecule has 4 rings (SSSR count). The van der Waals surface area contributed by atoms with Crippen molar-refractivity contribution in [1.29, 1.82) is 0 Å². The lowest BCUT2D eigenvalue weighted by Gasteiger charge is -2.25. The number of nitrogens with zero attached hydrogens (tertiary/aromatic N) is 1. The van der Waals surface area contributed by atoms with E-state index in [1.807, 2.05) is 48.5 Å². The van der Waals surface area contributed by atoms with Crippen molar-refractivity contribution in [1.82, 2.24) is 10.6 Å². The van der Waals surface area contributed by atoms with E-state index in [0.717, 1.165) is 35.6 Å². The molecule has 0 saturated heterocycles. The van der Waals surface area contributed by atoms with Gasteiger partial charge in [0.05, 0.1) is 29.9 Å². The smallest absolute Gasteiger partial charge is 0.251 e. The molecule has 4 aromatic carbocycles. The summed E-state index contributed by atoms with van der Waals surface area (Å²) in [6.07, 6.45) is -0.303. The molecule has 0 fully saturated rings. The zero-order valence-electron chi connectivity index (χ0n) is 26.2. The first-order valence-electron chi connectivity index (χ1n) is 14.7. The summed E-state index contributed by atoms with van der Waals surface area (Å²) >= 11 is 0. The van der Waals surface area contributed by atoms with Gasteiger partial charge in [0, 0.05) is 36.5 Å². The van der Waals surface area contributed by atoms with Gasteiger partial charge in [-0.2, -0.15) is 0 Å². The average molecular weight is 666 g/mol. The standard InChI is InChI=1S/C35H37F2N3O6S/c1-23(40-46-22-24-8-5-4-6-9-24)27-16-28(18-32(17-27)47(3,43)44)35(42)39-33(15-26-12-29(36)19-30(37)13-26)34(41)21-38-20-25-10-7-11-31(14-25)45-2/h4-14,16-19,33-34,38,41H,15,20-22H2,1-3H3,(H,39,42)/b40-23-/t33-,34-/m0/s1. The van der Waals surface area contributed by atoms with Gasteiger partial charge in [0.1, 0.15) is 24.0 Å². The van der Waals surface area contributed by atoms with Crippen LogP contribution in [0.4, 0.5) is 8.78 Å². The van der Waals surface area contributed by atoms with Gasteiger partial charge in [0.15, 0.2) is 9.84 Å². The molecule has 0 aliphatic rings. The number of hydrogen-bond acceptors (Lipinski definition) is 8. The van der Waals surface area contributed by atoms with Gasteiger partial charge in [-0.3, -0.25) is 4.79 Å². The number of hydrogen-bond donors (Lipinski definition) is 3. The van der Waals surface area contributed by atoms with Crippen molar-refractivity contribution in [3.8, 4) is 5.75 Å². The summed E-state index contributed by atoms with van der Waals surface area (Å²) in [4.78, 5) is 19.0. The molecule has 1 amide bonds.